The summed E-state index contributed by atoms with van der Waals surface area (Å²) in [6, 6.07) is 9.49. The van der Waals surface area contributed by atoms with Gasteiger partial charge in [0.25, 0.3) is 0 Å². The minimum atomic E-state index is -0.735. The molecule has 0 saturated heterocycles. The van der Waals surface area contributed by atoms with Gasteiger partial charge in [0.05, 0.1) is 24.9 Å². The summed E-state index contributed by atoms with van der Waals surface area (Å²) in [4.78, 5) is 38.6. The number of aliphatic imine (C=N–C) groups is 1. The van der Waals surface area contributed by atoms with Gasteiger partial charge in [-0.05, 0) is 112 Å². The number of carbonyl (C=O) groups excluding carboxylic acids is 2. The quantitative estimate of drug-likeness (QED) is 0.200. The molecule has 2 saturated carbocycles. The number of fused-ring (bicyclic) bond motifs is 3. The van der Waals surface area contributed by atoms with Crippen LogP contribution in [-0.2, 0) is 27.2 Å². The zero-order valence-corrected chi connectivity index (χ0v) is 32.3. The van der Waals surface area contributed by atoms with Crippen molar-refractivity contribution in [3.63, 3.8) is 0 Å². The van der Waals surface area contributed by atoms with E-state index in [1.807, 2.05) is 52.0 Å². The molecule has 5 rings (SSSR count). The molecule has 1 aromatic carbocycles. The number of rotatable bonds is 10. The van der Waals surface area contributed by atoms with Gasteiger partial charge < -0.3 is 30.6 Å². The van der Waals surface area contributed by atoms with E-state index in [0.29, 0.717) is 55.3 Å². The summed E-state index contributed by atoms with van der Waals surface area (Å²) in [6.45, 7) is 19.7. The lowest BCUT2D eigenvalue weighted by atomic mass is 9.48. The molecule has 51 heavy (non-hydrogen) atoms. The Morgan fingerprint density at radius 1 is 1.00 bits per heavy atom. The molecular formula is C41H59N5O5. The van der Waals surface area contributed by atoms with Crippen molar-refractivity contribution in [3.05, 3.63) is 64.5 Å². The number of nitrogens with zero attached hydrogens (tertiary/aromatic N) is 3. The third-order valence-electron chi connectivity index (χ3n) is 10.6. The largest absolute Gasteiger partial charge is 0.465 e. The highest BCUT2D eigenvalue weighted by molar-refractivity contribution is 6.24. The molecule has 10 nitrogen and oxygen atoms in total. The number of methoxy groups -OCH3 is 1. The number of nitrogens with two attached hydrogens (primary N) is 2. The molecule has 3 unspecified atom stereocenters. The number of allylic oxidation sites excluding steroid dienone is 1. The molecule has 3 atom stereocenters. The second kappa shape index (κ2) is 14.3. The highest BCUT2D eigenvalue weighted by Crippen LogP contribution is 2.63. The van der Waals surface area contributed by atoms with Crippen LogP contribution in [0.15, 0.2) is 41.5 Å². The number of esters is 2. The van der Waals surface area contributed by atoms with E-state index in [9.17, 15) is 9.59 Å². The Labute approximate surface area is 304 Å². The number of benzene rings is 1. The summed E-state index contributed by atoms with van der Waals surface area (Å²) in [7, 11) is 1.39. The molecular weight excluding hydrogens is 642 g/mol. The average molecular weight is 702 g/mol. The van der Waals surface area contributed by atoms with E-state index in [-0.39, 0.29) is 33.5 Å². The fourth-order valence-corrected chi connectivity index (χ4v) is 9.86. The van der Waals surface area contributed by atoms with E-state index in [1.54, 1.807) is 6.07 Å². The highest BCUT2D eigenvalue weighted by atomic mass is 16.6. The first-order valence-electron chi connectivity index (χ1n) is 18.3. The first-order valence-corrected chi connectivity index (χ1v) is 18.3. The fourth-order valence-electron chi connectivity index (χ4n) is 9.86. The maximum atomic E-state index is 13.8. The summed E-state index contributed by atoms with van der Waals surface area (Å²) in [6.07, 6.45) is 7.38. The summed E-state index contributed by atoms with van der Waals surface area (Å²) in [5, 5.41) is 0. The molecule has 3 aliphatic rings. The zero-order chi connectivity index (χ0) is 37.4. The molecule has 1 aliphatic heterocycles. The minimum Gasteiger partial charge on any atom is -0.465 e. The number of pyridine rings is 1. The van der Waals surface area contributed by atoms with Crippen LogP contribution >= 0.6 is 0 Å². The molecule has 10 heteroatoms. The third-order valence-corrected chi connectivity index (χ3v) is 10.6. The van der Waals surface area contributed by atoms with Gasteiger partial charge in [-0.3, -0.25) is 4.99 Å². The van der Waals surface area contributed by atoms with E-state index in [2.05, 4.69) is 32.6 Å². The lowest BCUT2D eigenvalue weighted by molar-refractivity contribution is -0.187. The molecule has 278 valence electrons. The number of aromatic nitrogens is 1. The number of anilines is 1. The summed E-state index contributed by atoms with van der Waals surface area (Å²) in [5.41, 5.74) is 16.1. The van der Waals surface area contributed by atoms with E-state index >= 15 is 0 Å². The van der Waals surface area contributed by atoms with Crippen molar-refractivity contribution < 1.29 is 23.8 Å². The average Bonchev–Trinajstić information content (AvgIpc) is 3.03. The molecule has 2 heterocycles. The van der Waals surface area contributed by atoms with Crippen LogP contribution in [0.3, 0.4) is 0 Å². The van der Waals surface area contributed by atoms with Gasteiger partial charge in [0.1, 0.15) is 11.4 Å². The Balaban J connectivity index is 1.46. The Bertz CT molecular complexity index is 1710. The highest BCUT2D eigenvalue weighted by Gasteiger charge is 2.57. The van der Waals surface area contributed by atoms with E-state index in [1.165, 1.54) is 13.3 Å². The third kappa shape index (κ3) is 8.66. The number of hydrogen-bond donors (Lipinski definition) is 2. The Kier molecular flexibility index (Phi) is 10.8. The van der Waals surface area contributed by atoms with Crippen LogP contribution < -0.4 is 16.4 Å². The second-order valence-electron chi connectivity index (χ2n) is 17.6. The van der Waals surface area contributed by atoms with Gasteiger partial charge in [-0.1, -0.05) is 39.8 Å². The lowest BCUT2D eigenvalue weighted by Crippen LogP contribution is -2.57. The molecule has 2 fully saturated rings. The van der Waals surface area contributed by atoms with Crippen LogP contribution in [0.2, 0.25) is 0 Å². The molecule has 2 aliphatic carbocycles. The van der Waals surface area contributed by atoms with Crippen molar-refractivity contribution in [3.8, 4) is 0 Å². The van der Waals surface area contributed by atoms with Gasteiger partial charge in [-0.15, -0.1) is 0 Å². The van der Waals surface area contributed by atoms with E-state index in [4.69, 9.17) is 35.7 Å². The minimum absolute atomic E-state index is 0.0945. The second-order valence-corrected chi connectivity index (χ2v) is 17.6. The van der Waals surface area contributed by atoms with Crippen molar-refractivity contribution in [1.82, 2.24) is 4.98 Å². The van der Waals surface area contributed by atoms with Crippen molar-refractivity contribution in [2.45, 2.75) is 112 Å². The van der Waals surface area contributed by atoms with Gasteiger partial charge >= 0.3 is 11.9 Å². The molecule has 4 N–H and O–H groups in total. The van der Waals surface area contributed by atoms with E-state index < -0.39 is 11.6 Å². The van der Waals surface area contributed by atoms with Crippen LogP contribution in [0.4, 0.5) is 5.82 Å². The summed E-state index contributed by atoms with van der Waals surface area (Å²) < 4.78 is 17.6. The molecule has 0 radical (unpaired) electrons. The van der Waals surface area contributed by atoms with Crippen LogP contribution in [0, 0.1) is 16.2 Å². The van der Waals surface area contributed by atoms with Crippen LogP contribution in [0.5, 0.6) is 0 Å². The van der Waals surface area contributed by atoms with Crippen molar-refractivity contribution in [2.75, 3.05) is 38.3 Å². The molecule has 2 aromatic rings. The lowest BCUT2D eigenvalue weighted by Gasteiger charge is -2.61. The molecule has 0 spiro atoms. The van der Waals surface area contributed by atoms with Gasteiger partial charge in [-0.25, -0.2) is 14.6 Å². The summed E-state index contributed by atoms with van der Waals surface area (Å²) in [5.74, 6) is -0.308. The van der Waals surface area contributed by atoms with Crippen molar-refractivity contribution >= 4 is 29.0 Å². The van der Waals surface area contributed by atoms with Gasteiger partial charge in [0.2, 0.25) is 0 Å². The summed E-state index contributed by atoms with van der Waals surface area (Å²) >= 11 is 0. The maximum absolute atomic E-state index is 13.8. The normalized spacial score (nSPS) is 26.4. The monoisotopic (exact) mass is 701 g/mol. The topological polar surface area (TPSA) is 142 Å². The Morgan fingerprint density at radius 3 is 2.41 bits per heavy atom. The SMILES string of the molecule is COC(=O)c1cccc2c1CN(c1ccc(/C(=C/N)C(C)=NCC3(C)CC4(C)CC(C)(C)CC(OCCN)(C3)C4)c(C(=O)OC(C)(C)C)n1)CC2. The van der Waals surface area contributed by atoms with Crippen molar-refractivity contribution in [2.24, 2.45) is 32.7 Å². The standard InChI is InChI=1S/C41H59N5O5/c1-27(44-26-40(8)23-39(7)21-38(5,6)22-41(24-39,25-40)50-18-16-42)31(19-43)29-13-14-33(45-34(29)36(48)51-37(2,3)4)46-17-15-28-11-10-12-30(32(28)20-46)35(47)49-9/h10-14,19H,15-18,20-26,42-43H2,1-9H3/b31-19+,44-27?. The molecule has 1 aromatic heterocycles. The first kappa shape index (κ1) is 38.5. The molecule has 0 amide bonds. The number of ether oxygens (including phenoxy) is 3. The van der Waals surface area contributed by atoms with Gasteiger partial charge in [0.15, 0.2) is 5.69 Å². The smallest absolute Gasteiger partial charge is 0.358 e. The first-order chi connectivity index (χ1) is 23.8. The van der Waals surface area contributed by atoms with Crippen LogP contribution in [-0.4, -0.2) is 67.2 Å². The van der Waals surface area contributed by atoms with Crippen LogP contribution in [0.1, 0.15) is 125 Å². The van der Waals surface area contributed by atoms with Gasteiger partial charge in [-0.2, -0.15) is 0 Å². The Morgan fingerprint density at radius 2 is 1.75 bits per heavy atom. The predicted octanol–water partition coefficient (Wildman–Crippen LogP) is 6.88. The van der Waals surface area contributed by atoms with Gasteiger partial charge in [0, 0.05) is 49.2 Å². The molecule has 2 bridgehead atoms. The predicted molar refractivity (Wildman–Crippen MR) is 203 cm³/mol. The zero-order valence-electron chi connectivity index (χ0n) is 32.3. The fraction of sp³-hybridized carbons (Fsp3) is 0.610. The van der Waals surface area contributed by atoms with Crippen LogP contribution in [0.25, 0.3) is 5.57 Å². The number of hydrogen-bond acceptors (Lipinski definition) is 10. The van der Waals surface area contributed by atoms with E-state index in [0.717, 1.165) is 55.4 Å². The Hall–Kier alpha value is -3.76. The number of carbonyl (C=O) groups is 2. The van der Waals surface area contributed by atoms with Crippen molar-refractivity contribution in [1.29, 1.82) is 0 Å². The maximum Gasteiger partial charge on any atom is 0.358 e.